The van der Waals surface area contributed by atoms with Gasteiger partial charge in [0.2, 0.25) is 5.95 Å². The summed E-state index contributed by atoms with van der Waals surface area (Å²) in [6, 6.07) is 14.8. The van der Waals surface area contributed by atoms with Gasteiger partial charge in [-0.25, -0.2) is 9.97 Å². The zero-order valence-electron chi connectivity index (χ0n) is 18.8. The zero-order valence-corrected chi connectivity index (χ0v) is 19.6. The normalized spacial score (nSPS) is 17.4. The summed E-state index contributed by atoms with van der Waals surface area (Å²) in [5.41, 5.74) is 2.31. The number of hydrogen-bond donors (Lipinski definition) is 0. The van der Waals surface area contributed by atoms with Crippen molar-refractivity contribution in [2.75, 3.05) is 45.3 Å². The van der Waals surface area contributed by atoms with Crippen LogP contribution in [0.25, 0.3) is 10.9 Å². The monoisotopic (exact) mass is 450 g/mol. The van der Waals surface area contributed by atoms with E-state index in [2.05, 4.69) is 40.1 Å². The summed E-state index contributed by atoms with van der Waals surface area (Å²) >= 11 is 1.90. The van der Waals surface area contributed by atoms with Crippen molar-refractivity contribution in [2.24, 2.45) is 0 Å². The number of methoxy groups -OCH3 is 2. The third-order valence-corrected chi connectivity index (χ3v) is 7.69. The number of aromatic nitrogens is 2. The second-order valence-electron chi connectivity index (χ2n) is 8.47. The Morgan fingerprint density at radius 1 is 0.938 bits per heavy atom. The average molecular weight is 451 g/mol. The number of benzene rings is 2. The van der Waals surface area contributed by atoms with Gasteiger partial charge >= 0.3 is 0 Å². The highest BCUT2D eigenvalue weighted by molar-refractivity contribution is 8.00. The van der Waals surface area contributed by atoms with E-state index in [9.17, 15) is 0 Å². The average Bonchev–Trinajstić information content (AvgIpc) is 2.79. The molecule has 0 atom stereocenters. The highest BCUT2D eigenvalue weighted by atomic mass is 32.2. The number of thioether (sulfide) groups is 1. The molecule has 0 N–H and O–H groups in total. The van der Waals surface area contributed by atoms with Crippen LogP contribution in [0.1, 0.15) is 24.8 Å². The van der Waals surface area contributed by atoms with E-state index in [0.717, 1.165) is 73.2 Å². The maximum absolute atomic E-state index is 5.56. The molecule has 0 amide bonds. The first-order chi connectivity index (χ1) is 15.7. The molecule has 7 heteroatoms. The number of ether oxygens (including phenoxy) is 2. The van der Waals surface area contributed by atoms with Crippen molar-refractivity contribution in [1.29, 1.82) is 0 Å². The zero-order chi connectivity index (χ0) is 21.9. The van der Waals surface area contributed by atoms with Gasteiger partial charge in [0.25, 0.3) is 0 Å². The van der Waals surface area contributed by atoms with Crippen molar-refractivity contribution in [1.82, 2.24) is 14.9 Å². The summed E-state index contributed by atoms with van der Waals surface area (Å²) in [4.78, 5) is 14.7. The standard InChI is InChI=1S/C25H30N4O2S/c1-30-22-15-20-21(16-23(22)31-2)26-25(29-11-6-12-29)27-24(20)32-19-9-13-28(14-10-19)17-18-7-4-3-5-8-18/h3-5,7-8,15-16,19H,6,9-14,17H2,1-2H3. The maximum Gasteiger partial charge on any atom is 0.226 e. The van der Waals surface area contributed by atoms with Gasteiger partial charge in [0.1, 0.15) is 5.03 Å². The van der Waals surface area contributed by atoms with E-state index in [1.54, 1.807) is 14.2 Å². The fourth-order valence-electron chi connectivity index (χ4n) is 4.35. The molecule has 0 bridgehead atoms. The van der Waals surface area contributed by atoms with Crippen LogP contribution < -0.4 is 14.4 Å². The van der Waals surface area contributed by atoms with Crippen LogP contribution in [0.5, 0.6) is 11.5 Å². The molecule has 2 aliphatic heterocycles. The summed E-state index contributed by atoms with van der Waals surface area (Å²) in [6.07, 6.45) is 3.53. The van der Waals surface area contributed by atoms with Gasteiger partial charge in [0.15, 0.2) is 11.5 Å². The van der Waals surface area contributed by atoms with Gasteiger partial charge in [-0.05, 0) is 44.0 Å². The van der Waals surface area contributed by atoms with Gasteiger partial charge < -0.3 is 14.4 Å². The smallest absolute Gasteiger partial charge is 0.226 e. The van der Waals surface area contributed by atoms with Gasteiger partial charge in [0.05, 0.1) is 19.7 Å². The Hall–Kier alpha value is -2.51. The largest absolute Gasteiger partial charge is 0.493 e. The van der Waals surface area contributed by atoms with E-state index < -0.39 is 0 Å². The number of nitrogens with zero attached hydrogens (tertiary/aromatic N) is 4. The predicted octanol–water partition coefficient (Wildman–Crippen LogP) is 4.61. The van der Waals surface area contributed by atoms with Crippen LogP contribution >= 0.6 is 11.8 Å². The van der Waals surface area contributed by atoms with Crippen LogP contribution in [0, 0.1) is 0 Å². The van der Waals surface area contributed by atoms with Crippen LogP contribution in [0.15, 0.2) is 47.5 Å². The molecule has 2 aromatic carbocycles. The number of likely N-dealkylation sites (tertiary alicyclic amines) is 1. The maximum atomic E-state index is 5.56. The lowest BCUT2D eigenvalue weighted by atomic mass is 10.1. The summed E-state index contributed by atoms with van der Waals surface area (Å²) in [6.45, 7) is 5.32. The minimum absolute atomic E-state index is 0.553. The Morgan fingerprint density at radius 2 is 1.66 bits per heavy atom. The minimum Gasteiger partial charge on any atom is -0.493 e. The second kappa shape index (κ2) is 9.55. The quantitative estimate of drug-likeness (QED) is 0.487. The first-order valence-electron chi connectivity index (χ1n) is 11.3. The van der Waals surface area contributed by atoms with Crippen molar-refractivity contribution in [3.8, 4) is 11.5 Å². The van der Waals surface area contributed by atoms with Crippen molar-refractivity contribution in [2.45, 2.75) is 36.1 Å². The van der Waals surface area contributed by atoms with Crippen molar-refractivity contribution in [3.05, 3.63) is 48.0 Å². The number of rotatable bonds is 7. The lowest BCUT2D eigenvalue weighted by Gasteiger charge is -2.33. The highest BCUT2D eigenvalue weighted by Crippen LogP contribution is 2.39. The Morgan fingerprint density at radius 3 is 2.31 bits per heavy atom. The Bertz CT molecular complexity index is 1070. The fraction of sp³-hybridized carbons (Fsp3) is 0.440. The molecular weight excluding hydrogens is 420 g/mol. The van der Waals surface area contributed by atoms with Gasteiger partial charge in [-0.15, -0.1) is 11.8 Å². The van der Waals surface area contributed by atoms with Gasteiger partial charge in [-0.2, -0.15) is 0 Å². The third kappa shape index (κ3) is 4.50. The number of fused-ring (bicyclic) bond motifs is 1. The van der Waals surface area contributed by atoms with E-state index in [1.807, 2.05) is 23.9 Å². The van der Waals surface area contributed by atoms with Crippen molar-refractivity contribution < 1.29 is 9.47 Å². The van der Waals surface area contributed by atoms with E-state index >= 15 is 0 Å². The molecule has 0 saturated carbocycles. The lowest BCUT2D eigenvalue weighted by molar-refractivity contribution is 0.225. The van der Waals surface area contributed by atoms with Crippen LogP contribution in [0.4, 0.5) is 5.95 Å². The molecule has 0 unspecified atom stereocenters. The topological polar surface area (TPSA) is 50.7 Å². The molecule has 168 valence electrons. The Kier molecular flexibility index (Phi) is 6.37. The summed E-state index contributed by atoms with van der Waals surface area (Å²) in [5, 5.41) is 2.65. The highest BCUT2D eigenvalue weighted by Gasteiger charge is 2.25. The van der Waals surface area contributed by atoms with E-state index in [4.69, 9.17) is 19.4 Å². The van der Waals surface area contributed by atoms with Gasteiger partial charge in [-0.1, -0.05) is 30.3 Å². The Labute approximate surface area is 193 Å². The molecule has 0 radical (unpaired) electrons. The van der Waals surface area contributed by atoms with E-state index in [0.29, 0.717) is 11.0 Å². The first kappa shape index (κ1) is 21.3. The van der Waals surface area contributed by atoms with E-state index in [1.165, 1.54) is 12.0 Å². The summed E-state index contributed by atoms with van der Waals surface area (Å²) in [7, 11) is 3.34. The third-order valence-electron chi connectivity index (χ3n) is 6.36. The minimum atomic E-state index is 0.553. The van der Waals surface area contributed by atoms with Crippen LogP contribution in [-0.2, 0) is 6.54 Å². The predicted molar refractivity (Wildman–Crippen MR) is 130 cm³/mol. The molecule has 2 aliphatic rings. The molecule has 2 fully saturated rings. The van der Waals surface area contributed by atoms with Crippen LogP contribution in [0.2, 0.25) is 0 Å². The lowest BCUT2D eigenvalue weighted by Crippen LogP contribution is -2.38. The van der Waals surface area contributed by atoms with Crippen molar-refractivity contribution >= 4 is 28.6 Å². The molecule has 3 aromatic rings. The summed E-state index contributed by atoms with van der Waals surface area (Å²) in [5.74, 6) is 2.26. The molecule has 3 heterocycles. The molecule has 0 spiro atoms. The molecule has 32 heavy (non-hydrogen) atoms. The number of piperidine rings is 1. The molecule has 0 aliphatic carbocycles. The Balaban J connectivity index is 1.36. The molecule has 2 saturated heterocycles. The van der Waals surface area contributed by atoms with Gasteiger partial charge in [0, 0.05) is 36.3 Å². The molecule has 1 aromatic heterocycles. The van der Waals surface area contributed by atoms with E-state index in [-0.39, 0.29) is 0 Å². The number of hydrogen-bond acceptors (Lipinski definition) is 7. The fourth-order valence-corrected chi connectivity index (χ4v) is 5.54. The SMILES string of the molecule is COc1cc2nc(N3CCC3)nc(SC3CCN(Cc4ccccc4)CC3)c2cc1OC. The number of anilines is 1. The molecule has 6 nitrogen and oxygen atoms in total. The van der Waals surface area contributed by atoms with Crippen LogP contribution in [0.3, 0.4) is 0 Å². The van der Waals surface area contributed by atoms with Gasteiger partial charge in [-0.3, -0.25) is 4.90 Å². The van der Waals surface area contributed by atoms with Crippen LogP contribution in [-0.4, -0.2) is 60.5 Å². The summed E-state index contributed by atoms with van der Waals surface area (Å²) < 4.78 is 11.1. The molecule has 5 rings (SSSR count). The second-order valence-corrected chi connectivity index (χ2v) is 9.76. The first-order valence-corrected chi connectivity index (χ1v) is 12.2. The molecular formula is C25H30N4O2S. The van der Waals surface area contributed by atoms with Crippen molar-refractivity contribution in [3.63, 3.8) is 0 Å².